The van der Waals surface area contributed by atoms with Gasteiger partial charge in [0, 0.05) is 20.2 Å². The molecule has 0 saturated carbocycles. The van der Waals surface area contributed by atoms with Crippen molar-refractivity contribution in [2.45, 2.75) is 11.8 Å². The van der Waals surface area contributed by atoms with Crippen LogP contribution in [0.5, 0.6) is 0 Å². The first-order chi connectivity index (χ1) is 15.2. The van der Waals surface area contributed by atoms with Gasteiger partial charge in [-0.3, -0.25) is 14.9 Å². The molecule has 3 nitrogen and oxygen atoms in total. The van der Waals surface area contributed by atoms with Crippen molar-refractivity contribution in [3.8, 4) is 0 Å². The van der Waals surface area contributed by atoms with E-state index in [9.17, 15) is 9.59 Å². The molecule has 146 valence electrons. The van der Waals surface area contributed by atoms with E-state index >= 15 is 0 Å². The standard InChI is InChI=1S/C26H13NO2S2/c28-25-19-17-13-7-3-4-8-14(13)18(20(19)26(29)27-25)23-21(17)24-22(31-23)15-9-11-5-1-2-6-12(11)10-16(15)30-24/h1-10,19-20H,(H,27,28,29). The molecule has 2 aromatic heterocycles. The third-order valence-corrected chi connectivity index (χ3v) is 9.51. The van der Waals surface area contributed by atoms with Crippen molar-refractivity contribution in [3.63, 3.8) is 0 Å². The number of hydrogen-bond acceptors (Lipinski definition) is 4. The Hall–Kier alpha value is -3.28. The molecule has 2 bridgehead atoms. The van der Waals surface area contributed by atoms with Crippen molar-refractivity contribution in [3.05, 3.63) is 71.8 Å². The van der Waals surface area contributed by atoms with Crippen LogP contribution in [0.15, 0.2) is 60.7 Å². The number of amides is 2. The average molecular weight is 436 g/mol. The van der Waals surface area contributed by atoms with Gasteiger partial charge in [0.25, 0.3) is 0 Å². The van der Waals surface area contributed by atoms with Crippen LogP contribution < -0.4 is 5.32 Å². The largest absolute Gasteiger partial charge is 0.295 e. The van der Waals surface area contributed by atoms with Gasteiger partial charge < -0.3 is 0 Å². The van der Waals surface area contributed by atoms with Gasteiger partial charge in [0.05, 0.1) is 21.2 Å². The summed E-state index contributed by atoms with van der Waals surface area (Å²) in [5.41, 5.74) is 2.08. The van der Waals surface area contributed by atoms with Crippen molar-refractivity contribution >= 4 is 85.6 Å². The van der Waals surface area contributed by atoms with E-state index in [1.54, 1.807) is 11.3 Å². The summed E-state index contributed by atoms with van der Waals surface area (Å²) in [7, 11) is 0. The number of thiophene rings is 2. The Labute approximate surface area is 183 Å². The smallest absolute Gasteiger partial charge is 0.235 e. The van der Waals surface area contributed by atoms with E-state index in [-0.39, 0.29) is 11.8 Å². The van der Waals surface area contributed by atoms with E-state index in [2.05, 4.69) is 53.8 Å². The van der Waals surface area contributed by atoms with Crippen LogP contribution in [0.1, 0.15) is 23.0 Å². The molecule has 0 spiro atoms. The van der Waals surface area contributed by atoms with E-state index in [1.807, 2.05) is 23.5 Å². The molecule has 1 aliphatic heterocycles. The number of fused-ring (bicyclic) bond motifs is 4. The summed E-state index contributed by atoms with van der Waals surface area (Å²) in [5, 5.41) is 9.76. The SMILES string of the molecule is O=C1NC(=O)C2c3c4ccccc4c(c4sc5c6cc7ccccc7cc6sc5c34)C12. The summed E-state index contributed by atoms with van der Waals surface area (Å²) in [6, 6.07) is 21.3. The lowest BCUT2D eigenvalue weighted by Gasteiger charge is -2.28. The highest BCUT2D eigenvalue weighted by Gasteiger charge is 2.50. The number of carbonyl (C=O) groups excluding carboxylic acids is 2. The first kappa shape index (κ1) is 16.4. The van der Waals surface area contributed by atoms with Crippen molar-refractivity contribution in [1.29, 1.82) is 0 Å². The van der Waals surface area contributed by atoms with Gasteiger partial charge in [-0.05, 0) is 44.8 Å². The molecular weight excluding hydrogens is 422 g/mol. The summed E-state index contributed by atoms with van der Waals surface area (Å²) in [5.74, 6) is -1.12. The molecule has 3 aliphatic rings. The monoisotopic (exact) mass is 435 g/mol. The highest BCUT2D eigenvalue weighted by atomic mass is 32.1. The Morgan fingerprint density at radius 1 is 0.645 bits per heavy atom. The van der Waals surface area contributed by atoms with E-state index in [4.69, 9.17) is 0 Å². The molecular formula is C26H13NO2S2. The lowest BCUT2D eigenvalue weighted by molar-refractivity contribution is -0.125. The summed E-state index contributed by atoms with van der Waals surface area (Å²) in [4.78, 5) is 25.6. The Kier molecular flexibility index (Phi) is 2.81. The minimum Gasteiger partial charge on any atom is -0.295 e. The van der Waals surface area contributed by atoms with E-state index in [0.29, 0.717) is 0 Å². The van der Waals surface area contributed by atoms with E-state index < -0.39 is 11.8 Å². The molecule has 3 heterocycles. The van der Waals surface area contributed by atoms with Crippen LogP contribution in [0.4, 0.5) is 0 Å². The van der Waals surface area contributed by atoms with E-state index in [1.165, 1.54) is 40.3 Å². The van der Waals surface area contributed by atoms with Gasteiger partial charge in [-0.15, -0.1) is 22.7 Å². The number of nitrogens with one attached hydrogen (secondary N) is 1. The highest BCUT2D eigenvalue weighted by Crippen LogP contribution is 2.59. The molecule has 9 rings (SSSR count). The fraction of sp³-hybridized carbons (Fsp3) is 0.0769. The maximum atomic E-state index is 12.9. The lowest BCUT2D eigenvalue weighted by atomic mass is 9.72. The number of carbonyl (C=O) groups is 2. The predicted octanol–water partition coefficient (Wildman–Crippen LogP) is 6.41. The Bertz CT molecular complexity index is 1820. The highest BCUT2D eigenvalue weighted by molar-refractivity contribution is 7.36. The summed E-state index contributed by atoms with van der Waals surface area (Å²) >= 11 is 3.59. The van der Waals surface area contributed by atoms with Crippen molar-refractivity contribution in [1.82, 2.24) is 5.32 Å². The Morgan fingerprint density at radius 3 is 2.06 bits per heavy atom. The van der Waals surface area contributed by atoms with Gasteiger partial charge in [-0.25, -0.2) is 0 Å². The molecule has 5 heteroatoms. The molecule has 2 amide bonds. The topological polar surface area (TPSA) is 46.2 Å². The van der Waals surface area contributed by atoms with Crippen LogP contribution in [-0.2, 0) is 9.59 Å². The first-order valence-corrected chi connectivity index (χ1v) is 11.9. The fourth-order valence-electron chi connectivity index (χ4n) is 5.73. The maximum absolute atomic E-state index is 12.9. The minimum atomic E-state index is -0.410. The van der Waals surface area contributed by atoms with Crippen molar-refractivity contribution < 1.29 is 9.59 Å². The quantitative estimate of drug-likeness (QED) is 0.280. The third-order valence-electron chi connectivity index (χ3n) is 6.96. The second-order valence-corrected chi connectivity index (χ2v) is 10.5. The second kappa shape index (κ2) is 5.31. The van der Waals surface area contributed by atoms with Gasteiger partial charge >= 0.3 is 0 Å². The molecule has 6 aromatic rings. The third kappa shape index (κ3) is 1.82. The Morgan fingerprint density at radius 2 is 1.29 bits per heavy atom. The van der Waals surface area contributed by atoms with E-state index in [0.717, 1.165) is 21.9 Å². The molecule has 2 unspecified atom stereocenters. The lowest BCUT2D eigenvalue weighted by Crippen LogP contribution is -2.21. The zero-order chi connectivity index (χ0) is 20.4. The molecule has 1 saturated heterocycles. The first-order valence-electron chi connectivity index (χ1n) is 10.3. The zero-order valence-corrected chi connectivity index (χ0v) is 17.7. The molecule has 0 radical (unpaired) electrons. The molecule has 1 fully saturated rings. The van der Waals surface area contributed by atoms with Crippen LogP contribution in [0.2, 0.25) is 0 Å². The van der Waals surface area contributed by atoms with Crippen LogP contribution in [0.25, 0.3) is 51.1 Å². The van der Waals surface area contributed by atoms with Crippen LogP contribution in [-0.4, -0.2) is 11.8 Å². The number of rotatable bonds is 0. The molecule has 2 aliphatic carbocycles. The average Bonchev–Trinajstić information content (AvgIpc) is 3.42. The summed E-state index contributed by atoms with van der Waals surface area (Å²) in [6.45, 7) is 0. The van der Waals surface area contributed by atoms with Crippen LogP contribution in [0.3, 0.4) is 0 Å². The van der Waals surface area contributed by atoms with Crippen molar-refractivity contribution in [2.24, 2.45) is 0 Å². The fourth-order valence-corrected chi connectivity index (χ4v) is 8.64. The van der Waals surface area contributed by atoms with Crippen molar-refractivity contribution in [2.75, 3.05) is 0 Å². The van der Waals surface area contributed by atoms with Gasteiger partial charge in [-0.1, -0.05) is 48.5 Å². The molecule has 31 heavy (non-hydrogen) atoms. The van der Waals surface area contributed by atoms with Crippen LogP contribution >= 0.6 is 22.7 Å². The number of hydrogen-bond donors (Lipinski definition) is 1. The number of benzene rings is 4. The molecule has 2 atom stereocenters. The summed E-state index contributed by atoms with van der Waals surface area (Å²) in [6.07, 6.45) is 0. The predicted molar refractivity (Wildman–Crippen MR) is 128 cm³/mol. The minimum absolute atomic E-state index is 0.157. The van der Waals surface area contributed by atoms with Gasteiger partial charge in [-0.2, -0.15) is 0 Å². The van der Waals surface area contributed by atoms with Gasteiger partial charge in [0.15, 0.2) is 0 Å². The van der Waals surface area contributed by atoms with Gasteiger partial charge in [0.1, 0.15) is 0 Å². The zero-order valence-electron chi connectivity index (χ0n) is 16.1. The normalized spacial score (nSPS) is 20.0. The van der Waals surface area contributed by atoms with Crippen LogP contribution in [0, 0.1) is 0 Å². The Balaban J connectivity index is 1.62. The maximum Gasteiger partial charge on any atom is 0.235 e. The molecule has 1 N–H and O–H groups in total. The molecule has 4 aromatic carbocycles. The summed E-state index contributed by atoms with van der Waals surface area (Å²) < 4.78 is 4.96. The number of imide groups is 1. The van der Waals surface area contributed by atoms with Gasteiger partial charge in [0.2, 0.25) is 11.8 Å². The second-order valence-electron chi connectivity index (χ2n) is 8.44.